The van der Waals surface area contributed by atoms with E-state index in [1.165, 1.54) is 17.8 Å². The molecule has 0 saturated carbocycles. The van der Waals surface area contributed by atoms with Crippen molar-refractivity contribution in [2.24, 2.45) is 10.5 Å². The molecule has 0 aromatic heterocycles. The third-order valence-corrected chi connectivity index (χ3v) is 4.50. The van der Waals surface area contributed by atoms with Crippen molar-refractivity contribution in [3.8, 4) is 5.75 Å². The molecule has 0 heterocycles. The van der Waals surface area contributed by atoms with Gasteiger partial charge in [0.15, 0.2) is 6.61 Å². The summed E-state index contributed by atoms with van der Waals surface area (Å²) in [6.45, 7) is 10.9. The number of nitrogens with one attached hydrogen (secondary N) is 1. The Morgan fingerprint density at radius 3 is 2.33 bits per heavy atom. The molecule has 0 spiro atoms. The van der Waals surface area contributed by atoms with Crippen LogP contribution in [-0.2, 0) is 10.2 Å². The molecule has 0 aliphatic rings. The Balaban J connectivity index is 1.89. The Kier molecular flexibility index (Phi) is 7.32. The lowest BCUT2D eigenvalue weighted by Crippen LogP contribution is -2.25. The molecule has 0 atom stereocenters. The van der Waals surface area contributed by atoms with Gasteiger partial charge in [-0.05, 0) is 41.0 Å². The van der Waals surface area contributed by atoms with Crippen molar-refractivity contribution in [1.82, 2.24) is 5.43 Å². The van der Waals surface area contributed by atoms with E-state index >= 15 is 0 Å². The van der Waals surface area contributed by atoms with Gasteiger partial charge in [-0.1, -0.05) is 58.9 Å². The second-order valence-corrected chi connectivity index (χ2v) is 9.04. The molecule has 0 aliphatic heterocycles. The van der Waals surface area contributed by atoms with Crippen molar-refractivity contribution in [1.29, 1.82) is 0 Å². The standard InChI is InChI=1S/C23H29N3O4/c1-22(2,3)16-23(4,5)18-10-12-19(13-11-18)30-15-21(27)25-24-14-17-8-6-7-9-20(17)26(28)29/h6-14H,15-16H2,1-5H3,(H,25,27)/b24-14+. The number of benzene rings is 2. The van der Waals surface area contributed by atoms with E-state index < -0.39 is 10.8 Å². The number of nitro benzene ring substituents is 1. The van der Waals surface area contributed by atoms with Crippen LogP contribution in [0.2, 0.25) is 0 Å². The molecular formula is C23H29N3O4. The molecule has 0 fully saturated rings. The molecule has 0 saturated heterocycles. The number of para-hydroxylation sites is 1. The summed E-state index contributed by atoms with van der Waals surface area (Å²) >= 11 is 0. The van der Waals surface area contributed by atoms with Gasteiger partial charge in [0, 0.05) is 6.07 Å². The first-order valence-corrected chi connectivity index (χ1v) is 9.77. The fourth-order valence-electron chi connectivity index (χ4n) is 3.55. The van der Waals surface area contributed by atoms with Crippen molar-refractivity contribution in [2.75, 3.05) is 6.61 Å². The molecule has 0 bridgehead atoms. The average Bonchev–Trinajstić information content (AvgIpc) is 2.65. The molecule has 2 aromatic carbocycles. The van der Waals surface area contributed by atoms with E-state index in [1.54, 1.807) is 18.2 Å². The first-order chi connectivity index (χ1) is 14.0. The number of amides is 1. The quantitative estimate of drug-likeness (QED) is 0.382. The second-order valence-electron chi connectivity index (χ2n) is 9.04. The third kappa shape index (κ3) is 6.99. The number of hydrogen-bond donors (Lipinski definition) is 1. The van der Waals surface area contributed by atoms with Crippen LogP contribution in [0.4, 0.5) is 5.69 Å². The van der Waals surface area contributed by atoms with Crippen molar-refractivity contribution >= 4 is 17.8 Å². The Hall–Kier alpha value is -3.22. The van der Waals surface area contributed by atoms with Crippen LogP contribution in [0.3, 0.4) is 0 Å². The molecule has 160 valence electrons. The van der Waals surface area contributed by atoms with E-state index in [2.05, 4.69) is 45.1 Å². The second kappa shape index (κ2) is 9.52. The largest absolute Gasteiger partial charge is 0.484 e. The minimum absolute atomic E-state index is 0.0307. The lowest BCUT2D eigenvalue weighted by atomic mass is 9.72. The van der Waals surface area contributed by atoms with Gasteiger partial charge in [-0.25, -0.2) is 5.43 Å². The van der Waals surface area contributed by atoms with Crippen LogP contribution in [0.25, 0.3) is 0 Å². The molecule has 2 aromatic rings. The lowest BCUT2D eigenvalue weighted by molar-refractivity contribution is -0.385. The zero-order chi connectivity index (χ0) is 22.4. The number of hydrazone groups is 1. The Labute approximate surface area is 177 Å². The first kappa shape index (κ1) is 23.1. The van der Waals surface area contributed by atoms with Gasteiger partial charge in [0.2, 0.25) is 0 Å². The molecule has 7 heteroatoms. The Morgan fingerprint density at radius 1 is 1.10 bits per heavy atom. The van der Waals surface area contributed by atoms with Crippen molar-refractivity contribution in [3.05, 3.63) is 69.8 Å². The van der Waals surface area contributed by atoms with Gasteiger partial charge in [0.1, 0.15) is 5.75 Å². The topological polar surface area (TPSA) is 93.8 Å². The summed E-state index contributed by atoms with van der Waals surface area (Å²) in [6.07, 6.45) is 2.28. The van der Waals surface area contributed by atoms with Gasteiger partial charge in [-0.3, -0.25) is 14.9 Å². The van der Waals surface area contributed by atoms with Crippen molar-refractivity contribution in [2.45, 2.75) is 46.5 Å². The minimum Gasteiger partial charge on any atom is -0.484 e. The molecule has 30 heavy (non-hydrogen) atoms. The molecule has 0 aliphatic carbocycles. The molecule has 1 N–H and O–H groups in total. The fourth-order valence-corrected chi connectivity index (χ4v) is 3.55. The average molecular weight is 412 g/mol. The maximum atomic E-state index is 11.9. The number of nitro groups is 1. The van der Waals surface area contributed by atoms with Crippen LogP contribution in [0, 0.1) is 15.5 Å². The molecule has 0 radical (unpaired) electrons. The third-order valence-electron chi connectivity index (χ3n) is 4.50. The highest BCUT2D eigenvalue weighted by molar-refractivity contribution is 5.86. The highest BCUT2D eigenvalue weighted by Crippen LogP contribution is 2.36. The van der Waals surface area contributed by atoms with Crippen LogP contribution in [-0.4, -0.2) is 23.7 Å². The maximum absolute atomic E-state index is 11.9. The first-order valence-electron chi connectivity index (χ1n) is 9.77. The van der Waals surface area contributed by atoms with E-state index in [1.807, 2.05) is 24.3 Å². The summed E-state index contributed by atoms with van der Waals surface area (Å²) in [4.78, 5) is 22.4. The number of hydrogen-bond acceptors (Lipinski definition) is 5. The molecule has 2 rings (SSSR count). The molecule has 1 amide bonds. The highest BCUT2D eigenvalue weighted by Gasteiger charge is 2.27. The zero-order valence-corrected chi connectivity index (χ0v) is 18.1. The number of carbonyl (C=O) groups excluding carboxylic acids is 1. The summed E-state index contributed by atoms with van der Waals surface area (Å²) in [7, 11) is 0. The Bertz CT molecular complexity index is 913. The van der Waals surface area contributed by atoms with E-state index in [0.717, 1.165) is 6.42 Å². The highest BCUT2D eigenvalue weighted by atomic mass is 16.6. The summed E-state index contributed by atoms with van der Waals surface area (Å²) in [6, 6.07) is 13.9. The van der Waals surface area contributed by atoms with Crippen LogP contribution < -0.4 is 10.2 Å². The number of carbonyl (C=O) groups is 1. The van der Waals surface area contributed by atoms with Crippen LogP contribution >= 0.6 is 0 Å². The number of nitrogens with zero attached hydrogens (tertiary/aromatic N) is 2. The van der Waals surface area contributed by atoms with Gasteiger partial charge >= 0.3 is 0 Å². The van der Waals surface area contributed by atoms with E-state index in [9.17, 15) is 14.9 Å². The maximum Gasteiger partial charge on any atom is 0.278 e. The van der Waals surface area contributed by atoms with Gasteiger partial charge in [-0.15, -0.1) is 0 Å². The lowest BCUT2D eigenvalue weighted by Gasteiger charge is -2.33. The van der Waals surface area contributed by atoms with E-state index in [4.69, 9.17) is 4.74 Å². The van der Waals surface area contributed by atoms with E-state index in [-0.39, 0.29) is 23.1 Å². The minimum atomic E-state index is -0.501. The predicted octanol–water partition coefficient (Wildman–Crippen LogP) is 4.84. The number of rotatable bonds is 8. The van der Waals surface area contributed by atoms with Crippen LogP contribution in [0.15, 0.2) is 53.6 Å². The van der Waals surface area contributed by atoms with Gasteiger partial charge in [0.05, 0.1) is 16.7 Å². The monoisotopic (exact) mass is 411 g/mol. The number of ether oxygens (including phenoxy) is 1. The molecular weight excluding hydrogens is 382 g/mol. The molecule has 7 nitrogen and oxygen atoms in total. The molecule has 0 unspecified atom stereocenters. The summed E-state index contributed by atoms with van der Waals surface area (Å²) < 4.78 is 5.51. The fraction of sp³-hybridized carbons (Fsp3) is 0.391. The SMILES string of the molecule is CC(C)(C)CC(C)(C)c1ccc(OCC(=O)N/N=C/c2ccccc2[N+](=O)[O-])cc1. The Morgan fingerprint density at radius 2 is 1.73 bits per heavy atom. The summed E-state index contributed by atoms with van der Waals surface area (Å²) in [5.74, 6) is 0.130. The van der Waals surface area contributed by atoms with Crippen LogP contribution in [0.1, 0.15) is 52.2 Å². The van der Waals surface area contributed by atoms with Gasteiger partial charge < -0.3 is 4.74 Å². The smallest absolute Gasteiger partial charge is 0.278 e. The van der Waals surface area contributed by atoms with Gasteiger partial charge in [0.25, 0.3) is 11.6 Å². The van der Waals surface area contributed by atoms with Crippen molar-refractivity contribution < 1.29 is 14.5 Å². The summed E-state index contributed by atoms with van der Waals surface area (Å²) in [5.41, 5.74) is 3.99. The zero-order valence-electron chi connectivity index (χ0n) is 18.1. The van der Waals surface area contributed by atoms with Crippen LogP contribution in [0.5, 0.6) is 5.75 Å². The predicted molar refractivity (Wildman–Crippen MR) is 118 cm³/mol. The summed E-state index contributed by atoms with van der Waals surface area (Å²) in [5, 5.41) is 14.7. The van der Waals surface area contributed by atoms with E-state index in [0.29, 0.717) is 11.3 Å². The van der Waals surface area contributed by atoms with Gasteiger partial charge in [-0.2, -0.15) is 5.10 Å². The normalized spacial score (nSPS) is 12.0. The van der Waals surface area contributed by atoms with Crippen molar-refractivity contribution in [3.63, 3.8) is 0 Å².